The number of nitrogens with one attached hydrogen (secondary N) is 1. The minimum Gasteiger partial charge on any atom is -0.481 e. The lowest BCUT2D eigenvalue weighted by atomic mass is 9.67. The molecule has 2 rings (SSSR count). The highest BCUT2D eigenvalue weighted by atomic mass is 16.5. The molecule has 0 amide bonds. The topological polar surface area (TPSA) is 58.6 Å². The molecule has 0 aromatic heterocycles. The van der Waals surface area contributed by atoms with E-state index < -0.39 is 11.4 Å². The van der Waals surface area contributed by atoms with Gasteiger partial charge in [-0.15, -0.1) is 0 Å². The molecule has 2 N–H and O–H groups in total. The molecule has 0 aliphatic heterocycles. The van der Waals surface area contributed by atoms with Crippen molar-refractivity contribution in [1.82, 2.24) is 5.32 Å². The van der Waals surface area contributed by atoms with Gasteiger partial charge in [0.05, 0.1) is 12.0 Å². The first-order chi connectivity index (χ1) is 9.03. The highest BCUT2D eigenvalue weighted by molar-refractivity contribution is 5.75. The number of aliphatic carboxylic acids is 1. The Balaban J connectivity index is 1.76. The SMILES string of the molecule is COCc1ccc(CNC2CC(C)(C(=O)O)C2)cc1. The van der Waals surface area contributed by atoms with Crippen molar-refractivity contribution >= 4 is 5.97 Å². The molecule has 4 heteroatoms. The number of hydrogen-bond acceptors (Lipinski definition) is 3. The zero-order valence-corrected chi connectivity index (χ0v) is 11.5. The minimum absolute atomic E-state index is 0.319. The Labute approximate surface area is 113 Å². The molecule has 1 aliphatic rings. The second-order valence-electron chi connectivity index (χ2n) is 5.60. The van der Waals surface area contributed by atoms with Gasteiger partial charge in [-0.05, 0) is 30.9 Å². The predicted molar refractivity (Wildman–Crippen MR) is 72.8 cm³/mol. The van der Waals surface area contributed by atoms with Crippen molar-refractivity contribution in [3.05, 3.63) is 35.4 Å². The fourth-order valence-corrected chi connectivity index (χ4v) is 2.53. The van der Waals surface area contributed by atoms with E-state index in [0.29, 0.717) is 25.5 Å². The quantitative estimate of drug-likeness (QED) is 0.826. The maximum Gasteiger partial charge on any atom is 0.309 e. The van der Waals surface area contributed by atoms with Crippen LogP contribution in [0.1, 0.15) is 30.9 Å². The van der Waals surface area contributed by atoms with Crippen LogP contribution < -0.4 is 5.32 Å². The summed E-state index contributed by atoms with van der Waals surface area (Å²) in [6.07, 6.45) is 1.42. The van der Waals surface area contributed by atoms with E-state index in [-0.39, 0.29) is 0 Å². The van der Waals surface area contributed by atoms with E-state index in [1.165, 1.54) is 5.56 Å². The fourth-order valence-electron chi connectivity index (χ4n) is 2.53. The van der Waals surface area contributed by atoms with E-state index in [0.717, 1.165) is 12.1 Å². The van der Waals surface area contributed by atoms with Gasteiger partial charge in [-0.3, -0.25) is 4.79 Å². The Hall–Kier alpha value is -1.39. The van der Waals surface area contributed by atoms with Crippen LogP contribution in [0, 0.1) is 5.41 Å². The molecule has 104 valence electrons. The maximum atomic E-state index is 11.0. The number of ether oxygens (including phenoxy) is 1. The van der Waals surface area contributed by atoms with E-state index in [9.17, 15) is 4.79 Å². The Kier molecular flexibility index (Phi) is 4.22. The molecule has 0 saturated heterocycles. The molecule has 1 aliphatic carbocycles. The van der Waals surface area contributed by atoms with Crippen molar-refractivity contribution in [2.75, 3.05) is 7.11 Å². The van der Waals surface area contributed by atoms with Crippen LogP contribution in [-0.4, -0.2) is 24.2 Å². The van der Waals surface area contributed by atoms with Crippen molar-refractivity contribution < 1.29 is 14.6 Å². The average molecular weight is 263 g/mol. The Morgan fingerprint density at radius 1 is 1.37 bits per heavy atom. The second kappa shape index (κ2) is 5.72. The number of rotatable bonds is 6. The van der Waals surface area contributed by atoms with E-state index in [1.807, 2.05) is 6.92 Å². The van der Waals surface area contributed by atoms with E-state index in [4.69, 9.17) is 9.84 Å². The van der Waals surface area contributed by atoms with Gasteiger partial charge in [-0.25, -0.2) is 0 Å². The molecule has 4 nitrogen and oxygen atoms in total. The van der Waals surface area contributed by atoms with E-state index in [1.54, 1.807) is 7.11 Å². The Morgan fingerprint density at radius 3 is 2.47 bits per heavy atom. The summed E-state index contributed by atoms with van der Waals surface area (Å²) in [5, 5.41) is 12.4. The fraction of sp³-hybridized carbons (Fsp3) is 0.533. The summed E-state index contributed by atoms with van der Waals surface area (Å²) in [6.45, 7) is 3.23. The average Bonchev–Trinajstić information content (AvgIpc) is 2.35. The Morgan fingerprint density at radius 2 is 1.95 bits per heavy atom. The van der Waals surface area contributed by atoms with E-state index >= 15 is 0 Å². The molecule has 1 fully saturated rings. The number of carbonyl (C=O) groups is 1. The van der Waals surface area contributed by atoms with Gasteiger partial charge in [-0.1, -0.05) is 24.3 Å². The third kappa shape index (κ3) is 3.33. The lowest BCUT2D eigenvalue weighted by Crippen LogP contribution is -2.51. The van der Waals surface area contributed by atoms with Gasteiger partial charge in [0.2, 0.25) is 0 Å². The summed E-state index contributed by atoms with van der Waals surface area (Å²) >= 11 is 0. The number of hydrogen-bond donors (Lipinski definition) is 2. The maximum absolute atomic E-state index is 11.0. The molecule has 0 heterocycles. The van der Waals surface area contributed by atoms with Crippen LogP contribution >= 0.6 is 0 Å². The molecular weight excluding hydrogens is 242 g/mol. The molecule has 1 saturated carbocycles. The molecule has 0 radical (unpaired) electrons. The monoisotopic (exact) mass is 263 g/mol. The highest BCUT2D eigenvalue weighted by Crippen LogP contribution is 2.40. The summed E-state index contributed by atoms with van der Waals surface area (Å²) in [6, 6.07) is 8.60. The molecule has 1 aromatic carbocycles. The molecule has 19 heavy (non-hydrogen) atoms. The predicted octanol–water partition coefficient (Wildman–Crippen LogP) is 2.18. The second-order valence-corrected chi connectivity index (χ2v) is 5.60. The van der Waals surface area contributed by atoms with Gasteiger partial charge in [-0.2, -0.15) is 0 Å². The van der Waals surface area contributed by atoms with Gasteiger partial charge in [0.15, 0.2) is 0 Å². The summed E-state index contributed by atoms with van der Waals surface area (Å²) in [4.78, 5) is 11.0. The van der Waals surface area contributed by atoms with E-state index in [2.05, 4.69) is 29.6 Å². The minimum atomic E-state index is -0.686. The van der Waals surface area contributed by atoms with Gasteiger partial charge in [0.1, 0.15) is 0 Å². The van der Waals surface area contributed by atoms with Crippen LogP contribution in [0.15, 0.2) is 24.3 Å². The van der Waals surface area contributed by atoms with Crippen molar-refractivity contribution in [2.24, 2.45) is 5.41 Å². The molecule has 1 aromatic rings. The van der Waals surface area contributed by atoms with Crippen LogP contribution in [0.5, 0.6) is 0 Å². The third-order valence-electron chi connectivity index (χ3n) is 3.84. The number of carboxylic acids is 1. The van der Waals surface area contributed by atoms with Crippen LogP contribution in [0.2, 0.25) is 0 Å². The van der Waals surface area contributed by atoms with Crippen LogP contribution in [-0.2, 0) is 22.7 Å². The highest BCUT2D eigenvalue weighted by Gasteiger charge is 2.45. The van der Waals surface area contributed by atoms with Crippen molar-refractivity contribution in [2.45, 2.75) is 39.0 Å². The van der Waals surface area contributed by atoms with Crippen molar-refractivity contribution in [3.8, 4) is 0 Å². The molecule has 0 atom stereocenters. The van der Waals surface area contributed by atoms with Crippen LogP contribution in [0.4, 0.5) is 0 Å². The van der Waals surface area contributed by atoms with Gasteiger partial charge in [0.25, 0.3) is 0 Å². The first-order valence-electron chi connectivity index (χ1n) is 6.57. The van der Waals surface area contributed by atoms with Crippen LogP contribution in [0.3, 0.4) is 0 Å². The first kappa shape index (κ1) is 14.0. The third-order valence-corrected chi connectivity index (χ3v) is 3.84. The van der Waals surface area contributed by atoms with Crippen molar-refractivity contribution in [1.29, 1.82) is 0 Å². The van der Waals surface area contributed by atoms with Gasteiger partial charge >= 0.3 is 5.97 Å². The smallest absolute Gasteiger partial charge is 0.309 e. The molecular formula is C15H21NO3. The zero-order chi connectivity index (χ0) is 13.9. The summed E-state index contributed by atoms with van der Waals surface area (Å²) in [5.41, 5.74) is 1.84. The standard InChI is InChI=1S/C15H21NO3/c1-15(14(17)18)7-13(8-15)16-9-11-3-5-12(6-4-11)10-19-2/h3-6,13,16H,7-10H2,1-2H3,(H,17,18). The van der Waals surface area contributed by atoms with Gasteiger partial charge in [0, 0.05) is 19.7 Å². The lowest BCUT2D eigenvalue weighted by Gasteiger charge is -2.42. The summed E-state index contributed by atoms with van der Waals surface area (Å²) < 4.78 is 5.07. The molecule has 0 spiro atoms. The summed E-state index contributed by atoms with van der Waals surface area (Å²) in [5.74, 6) is -0.686. The zero-order valence-electron chi connectivity index (χ0n) is 11.5. The normalized spacial score (nSPS) is 25.9. The number of benzene rings is 1. The number of carboxylic acid groups (broad SMARTS) is 1. The van der Waals surface area contributed by atoms with Crippen molar-refractivity contribution in [3.63, 3.8) is 0 Å². The van der Waals surface area contributed by atoms with Crippen LogP contribution in [0.25, 0.3) is 0 Å². The lowest BCUT2D eigenvalue weighted by molar-refractivity contribution is -0.154. The van der Waals surface area contributed by atoms with Gasteiger partial charge < -0.3 is 15.2 Å². The largest absolute Gasteiger partial charge is 0.481 e. The first-order valence-corrected chi connectivity index (χ1v) is 6.57. The molecule has 0 bridgehead atoms. The Bertz CT molecular complexity index is 435. The number of methoxy groups -OCH3 is 1. The molecule has 0 unspecified atom stereocenters. The summed E-state index contributed by atoms with van der Waals surface area (Å²) in [7, 11) is 1.69.